The summed E-state index contributed by atoms with van der Waals surface area (Å²) in [7, 11) is 0. The van der Waals surface area contributed by atoms with E-state index in [4.69, 9.17) is 0 Å². The summed E-state index contributed by atoms with van der Waals surface area (Å²) in [5.74, 6) is 0.269. The molecule has 120 valence electrons. The van der Waals surface area contributed by atoms with Gasteiger partial charge in [-0.25, -0.2) is 4.98 Å². The van der Waals surface area contributed by atoms with Crippen molar-refractivity contribution in [3.05, 3.63) is 46.2 Å². The molecule has 0 N–H and O–H groups in total. The van der Waals surface area contributed by atoms with Crippen LogP contribution in [0, 0.1) is 6.92 Å². The minimum Gasteiger partial charge on any atom is -0.332 e. The van der Waals surface area contributed by atoms with E-state index in [1.165, 1.54) is 5.56 Å². The van der Waals surface area contributed by atoms with Gasteiger partial charge in [-0.05, 0) is 31.0 Å². The molecule has 2 aromatic rings. The SMILES string of the molecule is Cc1nc(CN2C(=O)C[C@@H]3[C@@H]2CCN3Cc2ccncc2)cs1. The molecule has 0 aliphatic carbocycles. The number of pyridine rings is 1. The monoisotopic (exact) mass is 328 g/mol. The third-order valence-electron chi connectivity index (χ3n) is 4.86. The topological polar surface area (TPSA) is 49.3 Å². The van der Waals surface area contributed by atoms with Crippen LogP contribution in [0.2, 0.25) is 0 Å². The molecule has 2 atom stereocenters. The first kappa shape index (κ1) is 14.8. The number of hydrogen-bond donors (Lipinski definition) is 0. The minimum absolute atomic E-state index is 0.269. The van der Waals surface area contributed by atoms with Crippen molar-refractivity contribution in [2.45, 2.75) is 44.9 Å². The maximum atomic E-state index is 12.5. The van der Waals surface area contributed by atoms with Gasteiger partial charge < -0.3 is 4.90 Å². The number of likely N-dealkylation sites (tertiary alicyclic amines) is 2. The van der Waals surface area contributed by atoms with E-state index in [1.54, 1.807) is 11.3 Å². The third kappa shape index (κ3) is 2.88. The molecule has 0 saturated carbocycles. The van der Waals surface area contributed by atoms with Crippen LogP contribution >= 0.6 is 11.3 Å². The van der Waals surface area contributed by atoms with Crippen molar-refractivity contribution < 1.29 is 4.79 Å². The second-order valence-electron chi connectivity index (χ2n) is 6.33. The van der Waals surface area contributed by atoms with Crippen molar-refractivity contribution in [2.75, 3.05) is 6.54 Å². The standard InChI is InChI=1S/C17H20N4OS/c1-12-19-14(11-23-12)10-21-15-4-7-20(16(15)8-17(21)22)9-13-2-5-18-6-3-13/h2-3,5-6,11,15-16H,4,7-10H2,1H3/t15-,16+/m0/s1. The number of hydrogen-bond acceptors (Lipinski definition) is 5. The fraction of sp³-hybridized carbons (Fsp3) is 0.471. The molecule has 4 rings (SSSR count). The number of aryl methyl sites for hydroxylation is 1. The van der Waals surface area contributed by atoms with Crippen molar-refractivity contribution in [3.8, 4) is 0 Å². The predicted octanol–water partition coefficient (Wildman–Crippen LogP) is 2.22. The molecule has 0 radical (unpaired) electrons. The first-order valence-electron chi connectivity index (χ1n) is 8.04. The summed E-state index contributed by atoms with van der Waals surface area (Å²) >= 11 is 1.65. The molecule has 2 aromatic heterocycles. The van der Waals surface area contributed by atoms with Gasteiger partial charge >= 0.3 is 0 Å². The number of thiazole rings is 1. The fourth-order valence-electron chi connectivity index (χ4n) is 3.79. The largest absolute Gasteiger partial charge is 0.332 e. The number of carbonyl (C=O) groups excluding carboxylic acids is 1. The van der Waals surface area contributed by atoms with E-state index < -0.39 is 0 Å². The summed E-state index contributed by atoms with van der Waals surface area (Å²) in [5.41, 5.74) is 2.29. The van der Waals surface area contributed by atoms with Crippen LogP contribution in [-0.2, 0) is 17.9 Å². The third-order valence-corrected chi connectivity index (χ3v) is 5.69. The molecule has 2 fully saturated rings. The van der Waals surface area contributed by atoms with Crippen LogP contribution in [0.3, 0.4) is 0 Å². The van der Waals surface area contributed by atoms with Crippen LogP contribution < -0.4 is 0 Å². The molecule has 2 aliphatic heterocycles. The molecule has 0 bridgehead atoms. The lowest BCUT2D eigenvalue weighted by molar-refractivity contribution is -0.129. The Morgan fingerprint density at radius 2 is 2.09 bits per heavy atom. The highest BCUT2D eigenvalue weighted by Gasteiger charge is 2.46. The van der Waals surface area contributed by atoms with Crippen molar-refractivity contribution >= 4 is 17.2 Å². The van der Waals surface area contributed by atoms with Crippen LogP contribution in [0.25, 0.3) is 0 Å². The maximum Gasteiger partial charge on any atom is 0.224 e. The minimum atomic E-state index is 0.269. The summed E-state index contributed by atoms with van der Waals surface area (Å²) in [5, 5.41) is 3.13. The highest BCUT2D eigenvalue weighted by Crippen LogP contribution is 2.34. The molecule has 5 nitrogen and oxygen atoms in total. The molecule has 0 unspecified atom stereocenters. The van der Waals surface area contributed by atoms with Crippen molar-refractivity contribution in [1.29, 1.82) is 0 Å². The van der Waals surface area contributed by atoms with Gasteiger partial charge in [-0.2, -0.15) is 0 Å². The van der Waals surface area contributed by atoms with Gasteiger partial charge in [0.05, 0.1) is 17.2 Å². The lowest BCUT2D eigenvalue weighted by Crippen LogP contribution is -2.36. The Morgan fingerprint density at radius 3 is 2.83 bits per heavy atom. The highest BCUT2D eigenvalue weighted by atomic mass is 32.1. The zero-order chi connectivity index (χ0) is 15.8. The molecule has 2 saturated heterocycles. The van der Waals surface area contributed by atoms with Gasteiger partial charge in [0, 0.05) is 49.4 Å². The van der Waals surface area contributed by atoms with E-state index in [2.05, 4.69) is 32.4 Å². The Bertz CT molecular complexity index is 702. The number of carbonyl (C=O) groups is 1. The van der Waals surface area contributed by atoms with Gasteiger partial charge in [0.25, 0.3) is 0 Å². The Labute approximate surface area is 140 Å². The molecule has 2 aliphatic rings. The first-order chi connectivity index (χ1) is 11.2. The number of amides is 1. The zero-order valence-electron chi connectivity index (χ0n) is 13.2. The van der Waals surface area contributed by atoms with Crippen molar-refractivity contribution in [3.63, 3.8) is 0 Å². The van der Waals surface area contributed by atoms with Gasteiger partial charge in [-0.15, -0.1) is 11.3 Å². The summed E-state index contributed by atoms with van der Waals surface area (Å²) in [6.07, 6.45) is 5.36. The summed E-state index contributed by atoms with van der Waals surface area (Å²) < 4.78 is 0. The molecule has 0 spiro atoms. The Morgan fingerprint density at radius 1 is 1.26 bits per heavy atom. The number of aromatic nitrogens is 2. The normalized spacial score (nSPS) is 24.4. The van der Waals surface area contributed by atoms with Crippen molar-refractivity contribution in [1.82, 2.24) is 19.8 Å². The molecular weight excluding hydrogens is 308 g/mol. The lowest BCUT2D eigenvalue weighted by atomic mass is 10.1. The van der Waals surface area contributed by atoms with Crippen LogP contribution in [-0.4, -0.2) is 44.3 Å². The Balaban J connectivity index is 1.46. The average Bonchev–Trinajstić information content (AvgIpc) is 3.21. The van der Waals surface area contributed by atoms with Crippen LogP contribution in [0.15, 0.2) is 29.9 Å². The van der Waals surface area contributed by atoms with Crippen LogP contribution in [0.1, 0.15) is 29.1 Å². The average molecular weight is 328 g/mol. The Kier molecular flexibility index (Phi) is 3.87. The van der Waals surface area contributed by atoms with Gasteiger partial charge in [-0.1, -0.05) is 0 Å². The molecule has 1 amide bonds. The van der Waals surface area contributed by atoms with Crippen molar-refractivity contribution in [2.24, 2.45) is 0 Å². The summed E-state index contributed by atoms with van der Waals surface area (Å²) in [6, 6.07) is 4.79. The number of nitrogens with zero attached hydrogens (tertiary/aromatic N) is 4. The van der Waals surface area contributed by atoms with Crippen LogP contribution in [0.5, 0.6) is 0 Å². The van der Waals surface area contributed by atoms with E-state index in [9.17, 15) is 4.79 Å². The van der Waals surface area contributed by atoms with Gasteiger partial charge in [0.1, 0.15) is 0 Å². The smallest absolute Gasteiger partial charge is 0.224 e. The number of rotatable bonds is 4. The lowest BCUT2D eigenvalue weighted by Gasteiger charge is -2.25. The summed E-state index contributed by atoms with van der Waals surface area (Å²) in [6.45, 7) is 4.63. The highest BCUT2D eigenvalue weighted by molar-refractivity contribution is 7.09. The van der Waals surface area contributed by atoms with E-state index in [0.29, 0.717) is 25.0 Å². The van der Waals surface area contributed by atoms with E-state index >= 15 is 0 Å². The van der Waals surface area contributed by atoms with Gasteiger partial charge in [-0.3, -0.25) is 14.7 Å². The van der Waals surface area contributed by atoms with E-state index in [1.807, 2.05) is 24.2 Å². The predicted molar refractivity (Wildman–Crippen MR) is 88.9 cm³/mol. The van der Waals surface area contributed by atoms with E-state index in [-0.39, 0.29) is 5.91 Å². The molecule has 23 heavy (non-hydrogen) atoms. The first-order valence-corrected chi connectivity index (χ1v) is 8.92. The van der Waals surface area contributed by atoms with Gasteiger partial charge in [0.15, 0.2) is 0 Å². The van der Waals surface area contributed by atoms with Crippen LogP contribution in [0.4, 0.5) is 0 Å². The van der Waals surface area contributed by atoms with Gasteiger partial charge in [0.2, 0.25) is 5.91 Å². The molecule has 0 aromatic carbocycles. The zero-order valence-corrected chi connectivity index (χ0v) is 14.0. The second kappa shape index (κ2) is 6.02. The maximum absolute atomic E-state index is 12.5. The molecule has 4 heterocycles. The Hall–Kier alpha value is -1.79. The second-order valence-corrected chi connectivity index (χ2v) is 7.40. The molecule has 6 heteroatoms. The molecular formula is C17H20N4OS. The fourth-order valence-corrected chi connectivity index (χ4v) is 4.39. The quantitative estimate of drug-likeness (QED) is 0.863. The summed E-state index contributed by atoms with van der Waals surface area (Å²) in [4.78, 5) is 25.5. The number of fused-ring (bicyclic) bond motifs is 1. The van der Waals surface area contributed by atoms with E-state index in [0.717, 1.165) is 30.2 Å².